The Balaban J connectivity index is 2.35. The molecule has 116 valence electrons. The lowest BCUT2D eigenvalue weighted by atomic mass is 10.1. The Hall–Kier alpha value is -2.42. The number of rotatable bonds is 4. The van der Waals surface area contributed by atoms with Crippen LogP contribution >= 0.6 is 11.8 Å². The summed E-state index contributed by atoms with van der Waals surface area (Å²) in [6.07, 6.45) is 0.134. The second-order valence-corrected chi connectivity index (χ2v) is 6.22. The number of amides is 1. The van der Waals surface area contributed by atoms with Gasteiger partial charge in [0, 0.05) is 37.3 Å². The summed E-state index contributed by atoms with van der Waals surface area (Å²) < 4.78 is 0. The molecule has 1 saturated heterocycles. The van der Waals surface area contributed by atoms with E-state index >= 15 is 0 Å². The highest BCUT2D eigenvalue weighted by atomic mass is 32.2. The van der Waals surface area contributed by atoms with Gasteiger partial charge in [0.05, 0.1) is 16.2 Å². The average molecular weight is 324 g/mol. The van der Waals surface area contributed by atoms with Crippen LogP contribution in [0.5, 0.6) is 0 Å². The number of carbonyl (C=O) groups excluding carboxylic acids is 2. The number of hydrogen-bond acceptors (Lipinski definition) is 6. The Morgan fingerprint density at radius 2 is 2.09 bits per heavy atom. The van der Waals surface area contributed by atoms with Crippen LogP contribution in [0.25, 0.3) is 0 Å². The Kier molecular flexibility index (Phi) is 4.45. The van der Waals surface area contributed by atoms with E-state index in [0.717, 1.165) is 23.9 Å². The Morgan fingerprint density at radius 3 is 2.64 bits per heavy atom. The van der Waals surface area contributed by atoms with Gasteiger partial charge in [-0.1, -0.05) is 11.8 Å². The van der Waals surface area contributed by atoms with Crippen LogP contribution in [0.3, 0.4) is 0 Å². The van der Waals surface area contributed by atoms with Gasteiger partial charge in [-0.05, 0) is 6.07 Å². The first-order chi connectivity index (χ1) is 10.3. The molecule has 1 amide bonds. The summed E-state index contributed by atoms with van der Waals surface area (Å²) in [7, 11) is 0. The van der Waals surface area contributed by atoms with Crippen LogP contribution in [0, 0.1) is 10.1 Å². The summed E-state index contributed by atoms with van der Waals surface area (Å²) in [4.78, 5) is 45.6. The molecule has 1 heterocycles. The molecule has 1 aromatic carbocycles. The zero-order valence-corrected chi connectivity index (χ0v) is 12.3. The topological polar surface area (TPSA) is 118 Å². The molecule has 0 bridgehead atoms. The Labute approximate surface area is 129 Å². The molecule has 1 N–H and O–H groups in total. The van der Waals surface area contributed by atoms with E-state index < -0.39 is 16.6 Å². The molecule has 22 heavy (non-hydrogen) atoms. The van der Waals surface area contributed by atoms with E-state index in [-0.39, 0.29) is 40.5 Å². The van der Waals surface area contributed by atoms with Crippen LogP contribution in [-0.2, 0) is 9.59 Å². The number of nitro groups is 1. The van der Waals surface area contributed by atoms with E-state index in [4.69, 9.17) is 5.11 Å². The number of nitrogens with zero attached hydrogens (tertiary/aromatic N) is 2. The lowest BCUT2D eigenvalue weighted by molar-refractivity contribution is -0.384. The van der Waals surface area contributed by atoms with E-state index in [1.165, 1.54) is 17.9 Å². The number of thioether (sulfide) groups is 1. The molecule has 0 saturated carbocycles. The highest BCUT2D eigenvalue weighted by Gasteiger charge is 2.33. The fourth-order valence-corrected chi connectivity index (χ4v) is 3.14. The molecule has 1 aromatic rings. The zero-order chi connectivity index (χ0) is 16.4. The summed E-state index contributed by atoms with van der Waals surface area (Å²) in [5.41, 5.74) is -0.506. The number of hydrogen-bond donors (Lipinski definition) is 1. The summed E-state index contributed by atoms with van der Waals surface area (Å²) >= 11 is 1.03. The Morgan fingerprint density at radius 1 is 1.41 bits per heavy atom. The van der Waals surface area contributed by atoms with Gasteiger partial charge in [-0.2, -0.15) is 0 Å². The quantitative estimate of drug-likeness (QED) is 0.661. The molecule has 1 unspecified atom stereocenters. The molecule has 8 nitrogen and oxygen atoms in total. The number of non-ortho nitro benzene ring substituents is 1. The average Bonchev–Trinajstić information content (AvgIpc) is 2.78. The lowest BCUT2D eigenvalue weighted by Crippen LogP contribution is -2.25. The van der Waals surface area contributed by atoms with Crippen LogP contribution in [0.1, 0.15) is 23.7 Å². The number of aromatic carboxylic acids is 1. The molecular formula is C13H12N2O6S. The summed E-state index contributed by atoms with van der Waals surface area (Å²) in [6, 6.07) is 3.31. The van der Waals surface area contributed by atoms with Crippen molar-refractivity contribution >= 4 is 40.1 Å². The van der Waals surface area contributed by atoms with Crippen molar-refractivity contribution in [3.8, 4) is 0 Å². The molecule has 1 aliphatic rings. The Bertz CT molecular complexity index is 642. The third kappa shape index (κ3) is 3.42. The predicted octanol–water partition coefficient (Wildman–Crippen LogP) is 1.68. The highest BCUT2D eigenvalue weighted by molar-refractivity contribution is 8.14. The first-order valence-electron chi connectivity index (χ1n) is 6.28. The number of nitro benzene ring substituents is 1. The van der Waals surface area contributed by atoms with Crippen LogP contribution in [0.15, 0.2) is 18.2 Å². The number of anilines is 1. The van der Waals surface area contributed by atoms with Crippen molar-refractivity contribution in [2.45, 2.75) is 18.6 Å². The van der Waals surface area contributed by atoms with E-state index in [1.54, 1.807) is 0 Å². The number of carboxylic acids is 1. The van der Waals surface area contributed by atoms with Crippen LogP contribution < -0.4 is 4.90 Å². The van der Waals surface area contributed by atoms with Gasteiger partial charge in [0.25, 0.3) is 5.69 Å². The molecule has 9 heteroatoms. The molecule has 1 aliphatic heterocycles. The first kappa shape index (κ1) is 16.0. The minimum Gasteiger partial charge on any atom is -0.478 e. The van der Waals surface area contributed by atoms with Crippen molar-refractivity contribution in [1.29, 1.82) is 0 Å². The minimum atomic E-state index is -1.31. The van der Waals surface area contributed by atoms with Crippen LogP contribution in [0.4, 0.5) is 11.4 Å². The molecule has 0 aliphatic carbocycles. The standard InChI is InChI=1S/C13H12N2O6S/c1-7(16)22-11-5-12(17)14(6-11)9-2-8(13(18)19)3-10(4-9)15(20)21/h2-4,11H,5-6H2,1H3,(H,18,19). The van der Waals surface area contributed by atoms with Gasteiger partial charge < -0.3 is 10.0 Å². The van der Waals surface area contributed by atoms with Gasteiger partial charge in [0.1, 0.15) is 0 Å². The summed E-state index contributed by atoms with van der Waals surface area (Å²) in [5.74, 6) is -1.61. The van der Waals surface area contributed by atoms with Crippen molar-refractivity contribution in [3.63, 3.8) is 0 Å². The zero-order valence-electron chi connectivity index (χ0n) is 11.5. The minimum absolute atomic E-state index is 0.120. The third-order valence-electron chi connectivity index (χ3n) is 3.09. The maximum absolute atomic E-state index is 12.0. The second kappa shape index (κ2) is 6.14. The van der Waals surface area contributed by atoms with Crippen molar-refractivity contribution in [1.82, 2.24) is 0 Å². The van der Waals surface area contributed by atoms with Gasteiger partial charge in [-0.3, -0.25) is 19.7 Å². The van der Waals surface area contributed by atoms with E-state index in [1.807, 2.05) is 0 Å². The van der Waals surface area contributed by atoms with Crippen molar-refractivity contribution in [2.24, 2.45) is 0 Å². The molecule has 2 rings (SSSR count). The highest BCUT2D eigenvalue weighted by Crippen LogP contribution is 2.31. The summed E-state index contributed by atoms with van der Waals surface area (Å²) in [5, 5.41) is 19.6. The normalized spacial score (nSPS) is 17.6. The maximum atomic E-state index is 12.0. The van der Waals surface area contributed by atoms with Crippen LogP contribution in [-0.4, -0.2) is 38.8 Å². The number of benzene rings is 1. The van der Waals surface area contributed by atoms with Crippen molar-refractivity contribution in [2.75, 3.05) is 11.4 Å². The van der Waals surface area contributed by atoms with E-state index in [2.05, 4.69) is 0 Å². The molecule has 0 spiro atoms. The maximum Gasteiger partial charge on any atom is 0.336 e. The molecule has 1 fully saturated rings. The van der Waals surface area contributed by atoms with E-state index in [9.17, 15) is 24.5 Å². The van der Waals surface area contributed by atoms with Gasteiger partial charge in [0.2, 0.25) is 5.91 Å². The van der Waals surface area contributed by atoms with Crippen molar-refractivity contribution in [3.05, 3.63) is 33.9 Å². The van der Waals surface area contributed by atoms with Crippen molar-refractivity contribution < 1.29 is 24.4 Å². The second-order valence-electron chi connectivity index (χ2n) is 4.74. The molecule has 1 atom stereocenters. The van der Waals surface area contributed by atoms with Gasteiger partial charge >= 0.3 is 5.97 Å². The predicted molar refractivity (Wildman–Crippen MR) is 79.1 cm³/mol. The van der Waals surface area contributed by atoms with Gasteiger partial charge in [-0.25, -0.2) is 4.79 Å². The lowest BCUT2D eigenvalue weighted by Gasteiger charge is -2.16. The molecule has 0 aromatic heterocycles. The number of carbonyl (C=O) groups is 3. The SMILES string of the molecule is CC(=O)SC1CC(=O)N(c2cc(C(=O)O)cc([N+](=O)[O-])c2)C1. The van der Waals surface area contributed by atoms with Crippen LogP contribution in [0.2, 0.25) is 0 Å². The summed E-state index contributed by atoms with van der Waals surface area (Å²) in [6.45, 7) is 1.61. The monoisotopic (exact) mass is 324 g/mol. The smallest absolute Gasteiger partial charge is 0.336 e. The number of carboxylic acid groups (broad SMARTS) is 1. The molecular weight excluding hydrogens is 312 g/mol. The first-order valence-corrected chi connectivity index (χ1v) is 7.16. The third-order valence-corrected chi connectivity index (χ3v) is 4.08. The fraction of sp³-hybridized carbons (Fsp3) is 0.308. The molecule has 0 radical (unpaired) electrons. The van der Waals surface area contributed by atoms with Gasteiger partial charge in [-0.15, -0.1) is 0 Å². The fourth-order valence-electron chi connectivity index (χ4n) is 2.22. The van der Waals surface area contributed by atoms with E-state index in [0.29, 0.717) is 0 Å². The largest absolute Gasteiger partial charge is 0.478 e. The van der Waals surface area contributed by atoms with Gasteiger partial charge in [0.15, 0.2) is 5.12 Å².